The number of esters is 1. The summed E-state index contributed by atoms with van der Waals surface area (Å²) in [5.41, 5.74) is 2.33. The molecular weight excluding hydrogens is 375 g/mol. The molecule has 2 aromatic rings. The standard InChI is InChI=1S/C21H23N2O4P/c1-4-26-21(24)20-22-23(18-13-11-16(3)12-14-18)15-19(28(20,25)27-5-2)17-9-7-6-8-10-17/h6-15H,4-5H2,1-3H3. The van der Waals surface area contributed by atoms with Crippen LogP contribution >= 0.6 is 7.37 Å². The highest BCUT2D eigenvalue weighted by molar-refractivity contribution is 7.87. The number of anilines is 1. The van der Waals surface area contributed by atoms with E-state index in [4.69, 9.17) is 9.26 Å². The molecule has 1 heterocycles. The molecule has 146 valence electrons. The Balaban J connectivity index is 2.19. The lowest BCUT2D eigenvalue weighted by atomic mass is 10.2. The van der Waals surface area contributed by atoms with Gasteiger partial charge in [0, 0.05) is 6.20 Å². The molecule has 0 saturated heterocycles. The van der Waals surface area contributed by atoms with Crippen LogP contribution in [0.1, 0.15) is 25.0 Å². The van der Waals surface area contributed by atoms with E-state index in [1.807, 2.05) is 61.5 Å². The molecule has 1 aliphatic heterocycles. The van der Waals surface area contributed by atoms with Gasteiger partial charge < -0.3 is 9.26 Å². The first-order chi connectivity index (χ1) is 13.5. The summed E-state index contributed by atoms with van der Waals surface area (Å²) in [6.07, 6.45) is 1.67. The van der Waals surface area contributed by atoms with E-state index in [9.17, 15) is 9.36 Å². The van der Waals surface area contributed by atoms with Crippen molar-refractivity contribution in [3.05, 3.63) is 71.9 Å². The molecule has 0 fully saturated rings. The minimum absolute atomic E-state index is 0.152. The topological polar surface area (TPSA) is 68.2 Å². The van der Waals surface area contributed by atoms with E-state index in [2.05, 4.69) is 5.10 Å². The lowest BCUT2D eigenvalue weighted by Crippen LogP contribution is -2.27. The molecule has 0 saturated carbocycles. The maximum absolute atomic E-state index is 13.9. The summed E-state index contributed by atoms with van der Waals surface area (Å²) < 4.78 is 24.7. The van der Waals surface area contributed by atoms with Gasteiger partial charge >= 0.3 is 5.97 Å². The third-order valence-electron chi connectivity index (χ3n) is 4.18. The lowest BCUT2D eigenvalue weighted by molar-refractivity contribution is -0.134. The van der Waals surface area contributed by atoms with E-state index in [0.717, 1.165) is 11.3 Å². The second-order valence-corrected chi connectivity index (χ2v) is 8.44. The second kappa shape index (κ2) is 8.55. The number of aryl methyl sites for hydroxylation is 1. The fourth-order valence-corrected chi connectivity index (χ4v) is 4.97. The molecule has 0 spiro atoms. The molecule has 6 nitrogen and oxygen atoms in total. The molecule has 1 atom stereocenters. The molecule has 0 amide bonds. The third kappa shape index (κ3) is 3.93. The minimum atomic E-state index is -3.71. The van der Waals surface area contributed by atoms with Gasteiger partial charge in [-0.05, 0) is 38.5 Å². The highest BCUT2D eigenvalue weighted by Gasteiger charge is 2.44. The van der Waals surface area contributed by atoms with Gasteiger partial charge in [-0.1, -0.05) is 48.0 Å². The van der Waals surface area contributed by atoms with Crippen molar-refractivity contribution < 1.29 is 18.6 Å². The minimum Gasteiger partial charge on any atom is -0.461 e. The van der Waals surface area contributed by atoms with Gasteiger partial charge in [-0.25, -0.2) is 9.80 Å². The second-order valence-electron chi connectivity index (χ2n) is 6.17. The van der Waals surface area contributed by atoms with Gasteiger partial charge in [0.1, 0.15) is 0 Å². The first-order valence-electron chi connectivity index (χ1n) is 9.14. The summed E-state index contributed by atoms with van der Waals surface area (Å²) in [6.45, 7) is 5.74. The number of carbonyl (C=O) groups excluding carboxylic acids is 1. The van der Waals surface area contributed by atoms with Crippen LogP contribution in [0.25, 0.3) is 5.31 Å². The maximum atomic E-state index is 13.9. The Labute approximate surface area is 164 Å². The third-order valence-corrected chi connectivity index (χ3v) is 6.64. The molecule has 1 unspecified atom stereocenters. The zero-order valence-electron chi connectivity index (χ0n) is 16.2. The summed E-state index contributed by atoms with van der Waals surface area (Å²) in [5, 5.41) is 6.31. The Kier molecular flexibility index (Phi) is 6.12. The molecule has 0 bridgehead atoms. The Morgan fingerprint density at radius 1 is 1.04 bits per heavy atom. The lowest BCUT2D eigenvalue weighted by Gasteiger charge is -2.29. The molecule has 1 aliphatic rings. The van der Waals surface area contributed by atoms with Crippen LogP contribution in [0.3, 0.4) is 0 Å². The van der Waals surface area contributed by atoms with Gasteiger partial charge in [-0.2, -0.15) is 5.10 Å². The first-order valence-corrected chi connectivity index (χ1v) is 10.8. The molecule has 0 N–H and O–H groups in total. The van der Waals surface area contributed by atoms with Crippen LogP contribution in [0.5, 0.6) is 0 Å². The molecule has 28 heavy (non-hydrogen) atoms. The molecule has 0 radical (unpaired) electrons. The van der Waals surface area contributed by atoms with Crippen molar-refractivity contribution in [3.8, 4) is 0 Å². The van der Waals surface area contributed by atoms with Crippen LogP contribution in [0.4, 0.5) is 5.69 Å². The van der Waals surface area contributed by atoms with Crippen LogP contribution < -0.4 is 5.01 Å². The van der Waals surface area contributed by atoms with Crippen LogP contribution in [-0.4, -0.2) is 24.6 Å². The predicted octanol–water partition coefficient (Wildman–Crippen LogP) is 5.00. The molecule has 0 aromatic heterocycles. The fourth-order valence-electron chi connectivity index (χ4n) is 2.85. The van der Waals surface area contributed by atoms with Crippen molar-refractivity contribution in [1.82, 2.24) is 0 Å². The number of rotatable bonds is 6. The average molecular weight is 398 g/mol. The van der Waals surface area contributed by atoms with Crippen LogP contribution in [0, 0.1) is 6.92 Å². The van der Waals surface area contributed by atoms with E-state index in [-0.39, 0.29) is 18.7 Å². The largest absolute Gasteiger partial charge is 0.461 e. The first kappa shape index (κ1) is 20.1. The van der Waals surface area contributed by atoms with E-state index in [1.165, 1.54) is 0 Å². The fraction of sp³-hybridized carbons (Fsp3) is 0.238. The number of hydrogen-bond donors (Lipinski definition) is 0. The van der Waals surface area contributed by atoms with Gasteiger partial charge in [-0.15, -0.1) is 0 Å². The molecule has 0 aliphatic carbocycles. The Hall–Kier alpha value is -2.69. The van der Waals surface area contributed by atoms with Crippen LogP contribution in [-0.2, 0) is 18.6 Å². The molecule has 3 rings (SSSR count). The van der Waals surface area contributed by atoms with E-state index < -0.39 is 13.3 Å². The van der Waals surface area contributed by atoms with Gasteiger partial charge in [0.2, 0.25) is 5.45 Å². The number of carbonyl (C=O) groups is 1. The number of ether oxygens (including phenoxy) is 1. The Bertz CT molecular complexity index is 952. The molecular formula is C21H23N2O4P. The summed E-state index contributed by atoms with van der Waals surface area (Å²) in [4.78, 5) is 12.6. The smallest absolute Gasteiger partial charge is 0.365 e. The highest BCUT2D eigenvalue weighted by atomic mass is 31.2. The van der Waals surface area contributed by atoms with Crippen molar-refractivity contribution in [2.24, 2.45) is 5.10 Å². The van der Waals surface area contributed by atoms with Crippen molar-refractivity contribution in [2.45, 2.75) is 20.8 Å². The summed E-state index contributed by atoms with van der Waals surface area (Å²) in [5.74, 6) is -0.738. The zero-order chi connectivity index (χ0) is 20.1. The monoisotopic (exact) mass is 398 g/mol. The maximum Gasteiger partial charge on any atom is 0.365 e. The normalized spacial score (nSPS) is 19.0. The van der Waals surface area contributed by atoms with Gasteiger partial charge in [0.05, 0.1) is 24.2 Å². The van der Waals surface area contributed by atoms with Gasteiger partial charge in [-0.3, -0.25) is 4.57 Å². The van der Waals surface area contributed by atoms with Gasteiger partial charge in [0.15, 0.2) is 0 Å². The zero-order valence-corrected chi connectivity index (χ0v) is 17.1. The predicted molar refractivity (Wildman–Crippen MR) is 111 cm³/mol. The van der Waals surface area contributed by atoms with Crippen LogP contribution in [0.2, 0.25) is 0 Å². The van der Waals surface area contributed by atoms with E-state index >= 15 is 0 Å². The Morgan fingerprint density at radius 3 is 2.32 bits per heavy atom. The number of hydrazone groups is 1. The SMILES string of the molecule is CCOC(=O)C1=NN(c2ccc(C)cc2)C=C(c2ccccc2)P1(=O)OCC. The molecule has 7 heteroatoms. The quantitative estimate of drug-likeness (QED) is 0.506. The van der Waals surface area contributed by atoms with Gasteiger partial charge in [0.25, 0.3) is 7.37 Å². The summed E-state index contributed by atoms with van der Waals surface area (Å²) in [7, 11) is -3.71. The summed E-state index contributed by atoms with van der Waals surface area (Å²) in [6, 6.07) is 16.9. The Morgan fingerprint density at radius 2 is 1.71 bits per heavy atom. The molecule has 2 aromatic carbocycles. The van der Waals surface area contributed by atoms with Crippen molar-refractivity contribution >= 4 is 29.8 Å². The average Bonchev–Trinajstić information content (AvgIpc) is 2.70. The number of benzene rings is 2. The highest BCUT2D eigenvalue weighted by Crippen LogP contribution is 2.62. The number of hydrogen-bond acceptors (Lipinski definition) is 6. The summed E-state index contributed by atoms with van der Waals surface area (Å²) >= 11 is 0. The number of nitrogens with zero attached hydrogens (tertiary/aromatic N) is 2. The van der Waals surface area contributed by atoms with Crippen molar-refractivity contribution in [1.29, 1.82) is 0 Å². The van der Waals surface area contributed by atoms with Crippen LogP contribution in [0.15, 0.2) is 65.9 Å². The van der Waals surface area contributed by atoms with E-state index in [0.29, 0.717) is 10.9 Å². The van der Waals surface area contributed by atoms with Crippen molar-refractivity contribution in [2.75, 3.05) is 18.2 Å². The van der Waals surface area contributed by atoms with E-state index in [1.54, 1.807) is 25.1 Å². The van der Waals surface area contributed by atoms with Crippen molar-refractivity contribution in [3.63, 3.8) is 0 Å².